The summed E-state index contributed by atoms with van der Waals surface area (Å²) < 4.78 is 13.2. The van der Waals surface area contributed by atoms with Gasteiger partial charge < -0.3 is 14.6 Å². The van der Waals surface area contributed by atoms with Gasteiger partial charge in [0.05, 0.1) is 36.5 Å². The predicted octanol–water partition coefficient (Wildman–Crippen LogP) is 7.37. The number of hydrogen-bond acceptors (Lipinski definition) is 6. The van der Waals surface area contributed by atoms with Crippen molar-refractivity contribution in [2.45, 2.75) is 51.0 Å². The molecule has 2 aliphatic heterocycles. The largest absolute Gasteiger partial charge is 0.392 e. The van der Waals surface area contributed by atoms with E-state index >= 15 is 0 Å². The molecule has 1 fully saturated rings. The zero-order valence-electron chi connectivity index (χ0n) is 26.6. The fourth-order valence-electron chi connectivity index (χ4n) is 6.58. The highest BCUT2D eigenvalue weighted by molar-refractivity contribution is 6.21. The van der Waals surface area contributed by atoms with E-state index in [2.05, 4.69) is 61.3 Å². The number of amides is 2. The van der Waals surface area contributed by atoms with Crippen LogP contribution in [0, 0.1) is 0 Å². The van der Waals surface area contributed by atoms with E-state index in [4.69, 9.17) is 9.47 Å². The summed E-state index contributed by atoms with van der Waals surface area (Å²) in [6.07, 6.45) is -0.230. The number of likely N-dealkylation sites (N-methyl/N-ethyl adjacent to an activating group) is 1. The molecule has 7 rings (SSSR count). The molecule has 0 saturated carbocycles. The molecular weight excluding hydrogens is 588 g/mol. The van der Waals surface area contributed by atoms with Crippen LogP contribution in [-0.2, 0) is 22.6 Å². The molecule has 1 saturated heterocycles. The van der Waals surface area contributed by atoms with E-state index < -0.39 is 6.29 Å². The first-order valence-electron chi connectivity index (χ1n) is 16.1. The van der Waals surface area contributed by atoms with Crippen molar-refractivity contribution in [3.63, 3.8) is 0 Å². The number of nitrogens with zero attached hydrogens (tertiary/aromatic N) is 2. The van der Waals surface area contributed by atoms with Gasteiger partial charge in [-0.1, -0.05) is 97.1 Å². The molecule has 7 nitrogen and oxygen atoms in total. The topological polar surface area (TPSA) is 79.3 Å². The molecule has 0 spiro atoms. The predicted molar refractivity (Wildman–Crippen MR) is 181 cm³/mol. The Morgan fingerprint density at radius 1 is 0.766 bits per heavy atom. The van der Waals surface area contributed by atoms with Gasteiger partial charge in [-0.25, -0.2) is 0 Å². The summed E-state index contributed by atoms with van der Waals surface area (Å²) >= 11 is 0. The van der Waals surface area contributed by atoms with Gasteiger partial charge in [-0.05, 0) is 65.2 Å². The Kier molecular flexibility index (Phi) is 8.71. The lowest BCUT2D eigenvalue weighted by atomic mass is 9.98. The maximum absolute atomic E-state index is 12.9. The molecule has 7 heteroatoms. The van der Waals surface area contributed by atoms with Crippen molar-refractivity contribution >= 4 is 22.6 Å². The highest BCUT2D eigenvalue weighted by Crippen LogP contribution is 2.39. The maximum atomic E-state index is 12.9. The van der Waals surface area contributed by atoms with Crippen LogP contribution in [0.15, 0.2) is 115 Å². The molecule has 4 atom stereocenters. The summed E-state index contributed by atoms with van der Waals surface area (Å²) in [6, 6.07) is 37.8. The van der Waals surface area contributed by atoms with Crippen molar-refractivity contribution in [2.75, 3.05) is 13.6 Å². The number of imide groups is 1. The molecule has 2 aliphatic rings. The molecule has 5 aromatic carbocycles. The Morgan fingerprint density at radius 3 is 2.06 bits per heavy atom. The first kappa shape index (κ1) is 31.0. The van der Waals surface area contributed by atoms with Crippen molar-refractivity contribution < 1.29 is 24.2 Å². The Balaban J connectivity index is 1.09. The highest BCUT2D eigenvalue weighted by atomic mass is 16.7. The zero-order valence-corrected chi connectivity index (χ0v) is 26.6. The molecule has 0 radical (unpaired) electrons. The Hall–Kier alpha value is -4.66. The first-order chi connectivity index (χ1) is 22.9. The minimum Gasteiger partial charge on any atom is -0.392 e. The highest BCUT2D eigenvalue weighted by Gasteiger charge is 2.36. The van der Waals surface area contributed by atoms with Crippen LogP contribution in [-0.4, -0.2) is 46.4 Å². The average molecular weight is 627 g/mol. The number of aliphatic hydroxyl groups excluding tert-OH is 1. The van der Waals surface area contributed by atoms with E-state index in [0.29, 0.717) is 24.1 Å². The fourth-order valence-corrected chi connectivity index (χ4v) is 6.58. The Bertz CT molecular complexity index is 1870. The van der Waals surface area contributed by atoms with E-state index in [0.717, 1.165) is 22.3 Å². The lowest BCUT2D eigenvalue weighted by molar-refractivity contribution is -0.253. The molecule has 0 bridgehead atoms. The van der Waals surface area contributed by atoms with Crippen LogP contribution in [0.1, 0.15) is 80.3 Å². The summed E-state index contributed by atoms with van der Waals surface area (Å²) in [6.45, 7) is 3.11. The van der Waals surface area contributed by atoms with Gasteiger partial charge in [0.2, 0.25) is 0 Å². The van der Waals surface area contributed by atoms with E-state index in [1.165, 1.54) is 21.2 Å². The van der Waals surface area contributed by atoms with Crippen LogP contribution in [0.5, 0.6) is 0 Å². The van der Waals surface area contributed by atoms with Crippen molar-refractivity contribution in [3.8, 4) is 0 Å². The number of fused-ring (bicyclic) bond motifs is 2. The molecule has 1 N–H and O–H groups in total. The molecule has 238 valence electrons. The smallest absolute Gasteiger partial charge is 0.261 e. The van der Waals surface area contributed by atoms with Gasteiger partial charge in [-0.2, -0.15) is 0 Å². The van der Waals surface area contributed by atoms with E-state index in [1.807, 2.05) is 48.5 Å². The number of carbonyl (C=O) groups excluding carboxylic acids is 2. The van der Waals surface area contributed by atoms with Crippen molar-refractivity contribution in [1.29, 1.82) is 0 Å². The van der Waals surface area contributed by atoms with Gasteiger partial charge in [0.1, 0.15) is 0 Å². The second-order valence-corrected chi connectivity index (χ2v) is 12.6. The molecule has 0 aliphatic carbocycles. The van der Waals surface area contributed by atoms with Gasteiger partial charge in [0, 0.05) is 24.6 Å². The summed E-state index contributed by atoms with van der Waals surface area (Å²) in [5.74, 6) is -0.540. The van der Waals surface area contributed by atoms with Crippen molar-refractivity contribution in [2.24, 2.45) is 0 Å². The number of aliphatic hydroxyl groups is 1. The summed E-state index contributed by atoms with van der Waals surface area (Å²) in [5, 5.41) is 12.0. The molecular formula is C40H38N2O5. The lowest BCUT2D eigenvalue weighted by Crippen LogP contribution is -2.38. The number of ether oxygens (including phenoxy) is 2. The van der Waals surface area contributed by atoms with E-state index in [9.17, 15) is 14.7 Å². The summed E-state index contributed by atoms with van der Waals surface area (Å²) in [4.78, 5) is 29.4. The molecule has 5 aromatic rings. The number of carbonyl (C=O) groups is 2. The third-order valence-electron chi connectivity index (χ3n) is 9.49. The second kappa shape index (κ2) is 13.2. The SMILES string of the molecule is C[C@H](c1ccc2ccccc2c1)N(C)C[C@H]1C[C@@H](c2ccc(CO)cc2)O[C@@H](c2ccc(CN3C(=O)c4ccccc4C3=O)cc2)O1. The quantitative estimate of drug-likeness (QED) is 0.172. The van der Waals surface area contributed by atoms with Crippen LogP contribution >= 0.6 is 0 Å². The van der Waals surface area contributed by atoms with Crippen LogP contribution in [0.2, 0.25) is 0 Å². The zero-order chi connectivity index (χ0) is 32.5. The number of benzene rings is 5. The van der Waals surface area contributed by atoms with Gasteiger partial charge >= 0.3 is 0 Å². The van der Waals surface area contributed by atoms with Gasteiger partial charge in [-0.15, -0.1) is 0 Å². The molecule has 0 aromatic heterocycles. The van der Waals surface area contributed by atoms with Crippen LogP contribution in [0.3, 0.4) is 0 Å². The Morgan fingerprint density at radius 2 is 1.38 bits per heavy atom. The van der Waals surface area contributed by atoms with Gasteiger partial charge in [0.15, 0.2) is 6.29 Å². The molecule has 47 heavy (non-hydrogen) atoms. The number of hydrogen-bond donors (Lipinski definition) is 1. The lowest BCUT2D eigenvalue weighted by Gasteiger charge is -2.39. The summed E-state index contributed by atoms with van der Waals surface area (Å²) in [7, 11) is 2.13. The third kappa shape index (κ3) is 6.35. The van der Waals surface area contributed by atoms with Crippen LogP contribution in [0.25, 0.3) is 10.8 Å². The number of rotatable bonds is 9. The van der Waals surface area contributed by atoms with Crippen molar-refractivity contribution in [1.82, 2.24) is 9.80 Å². The molecule has 2 amide bonds. The minimum absolute atomic E-state index is 0.00925. The van der Waals surface area contributed by atoms with Gasteiger partial charge in [-0.3, -0.25) is 19.4 Å². The van der Waals surface area contributed by atoms with Crippen LogP contribution < -0.4 is 0 Å². The van der Waals surface area contributed by atoms with E-state index in [1.54, 1.807) is 24.3 Å². The fraction of sp³-hybridized carbons (Fsp3) is 0.250. The normalized spacial score (nSPS) is 20.2. The minimum atomic E-state index is -0.603. The standard InChI is InChI=1S/C40H38N2O5/c1-26(32-20-19-29-7-3-4-8-33(29)21-32)41(2)24-34-22-37(30-15-13-28(25-43)14-16-30)47-40(46-34)31-17-11-27(12-18-31)23-42-38(44)35-9-5-6-10-36(35)39(42)45/h3-21,26,34,37,40,43H,22-25H2,1-2H3/t26-,34-,37+,40+/m1/s1. The maximum Gasteiger partial charge on any atom is 0.261 e. The molecule has 0 unspecified atom stereocenters. The van der Waals surface area contributed by atoms with Crippen LogP contribution in [0.4, 0.5) is 0 Å². The third-order valence-corrected chi connectivity index (χ3v) is 9.49. The average Bonchev–Trinajstić information content (AvgIpc) is 3.36. The summed E-state index contributed by atoms with van der Waals surface area (Å²) in [5.41, 5.74) is 5.74. The van der Waals surface area contributed by atoms with Gasteiger partial charge in [0.25, 0.3) is 11.8 Å². The van der Waals surface area contributed by atoms with E-state index in [-0.39, 0.29) is 43.2 Å². The monoisotopic (exact) mass is 626 g/mol. The van der Waals surface area contributed by atoms with Crippen molar-refractivity contribution in [3.05, 3.63) is 154 Å². The molecule has 2 heterocycles. The Labute approximate surface area is 275 Å². The second-order valence-electron chi connectivity index (χ2n) is 12.6. The first-order valence-corrected chi connectivity index (χ1v) is 16.1.